The number of thioether (sulfide) groups is 1. The number of benzene rings is 1. The Morgan fingerprint density at radius 3 is 2.50 bits per heavy atom. The summed E-state index contributed by atoms with van der Waals surface area (Å²) in [6.07, 6.45) is 1.97. The van der Waals surface area contributed by atoms with Crippen LogP contribution in [0.4, 0.5) is 4.39 Å². The van der Waals surface area contributed by atoms with Crippen molar-refractivity contribution in [2.45, 2.75) is 44.7 Å². The summed E-state index contributed by atoms with van der Waals surface area (Å²) in [5, 5.41) is 6.17. The van der Waals surface area contributed by atoms with E-state index in [1.165, 1.54) is 12.1 Å². The van der Waals surface area contributed by atoms with Crippen LogP contribution in [0, 0.1) is 5.82 Å². The molecule has 0 amide bonds. The number of sulfone groups is 1. The first-order chi connectivity index (χ1) is 12.1. The number of nitrogens with one attached hydrogen (secondary N) is 2. The lowest BCUT2D eigenvalue weighted by Gasteiger charge is -2.20. The molecule has 5 nitrogen and oxygen atoms in total. The minimum absolute atomic E-state index is 0.0369. The van der Waals surface area contributed by atoms with E-state index < -0.39 is 14.6 Å². The van der Waals surface area contributed by atoms with Crippen LogP contribution in [0.1, 0.15) is 38.8 Å². The number of rotatable bonds is 8. The van der Waals surface area contributed by atoms with Crippen molar-refractivity contribution in [3.05, 3.63) is 35.1 Å². The van der Waals surface area contributed by atoms with Crippen LogP contribution in [0.3, 0.4) is 0 Å². The van der Waals surface area contributed by atoms with Gasteiger partial charge in [0.05, 0.1) is 17.0 Å². The number of guanidine groups is 1. The molecule has 26 heavy (non-hydrogen) atoms. The standard InChI is InChI=1S/C18H30FN3O2S2/c1-6-20-17(21-9-10-26(23,24)18(2,3)4)22-12-14-7-8-16(19)11-15(14)13-25-5/h7-8,11H,6,9-10,12-13H2,1-5H3,(H2,20,21,22). The van der Waals surface area contributed by atoms with Crippen molar-refractivity contribution >= 4 is 27.6 Å². The van der Waals surface area contributed by atoms with Gasteiger partial charge in [0.15, 0.2) is 15.8 Å². The number of halogens is 1. The Labute approximate surface area is 161 Å². The highest BCUT2D eigenvalue weighted by atomic mass is 32.2. The van der Waals surface area contributed by atoms with Gasteiger partial charge in [-0.15, -0.1) is 0 Å². The lowest BCUT2D eigenvalue weighted by atomic mass is 10.1. The summed E-state index contributed by atoms with van der Waals surface area (Å²) in [7, 11) is -3.18. The molecule has 0 aliphatic heterocycles. The molecule has 0 saturated heterocycles. The average Bonchev–Trinajstić information content (AvgIpc) is 2.53. The Hall–Kier alpha value is -1.28. The van der Waals surface area contributed by atoms with E-state index in [-0.39, 0.29) is 18.1 Å². The molecular weight excluding hydrogens is 373 g/mol. The zero-order valence-electron chi connectivity index (χ0n) is 16.2. The first kappa shape index (κ1) is 22.8. The molecule has 2 N–H and O–H groups in total. The third-order valence-electron chi connectivity index (χ3n) is 3.82. The molecule has 0 fully saturated rings. The van der Waals surface area contributed by atoms with E-state index in [2.05, 4.69) is 15.6 Å². The molecule has 0 aromatic heterocycles. The van der Waals surface area contributed by atoms with E-state index in [1.54, 1.807) is 38.6 Å². The van der Waals surface area contributed by atoms with Gasteiger partial charge in [0.2, 0.25) is 0 Å². The minimum atomic E-state index is -3.18. The summed E-state index contributed by atoms with van der Waals surface area (Å²) in [4.78, 5) is 4.51. The maximum Gasteiger partial charge on any atom is 0.191 e. The number of aliphatic imine (C=N–C) groups is 1. The molecule has 0 atom stereocenters. The Balaban J connectivity index is 2.78. The summed E-state index contributed by atoms with van der Waals surface area (Å²) in [5.41, 5.74) is 1.88. The van der Waals surface area contributed by atoms with Crippen LogP contribution in [0.15, 0.2) is 23.2 Å². The van der Waals surface area contributed by atoms with E-state index in [0.29, 0.717) is 19.0 Å². The number of nitrogens with zero attached hydrogens (tertiary/aromatic N) is 1. The summed E-state index contributed by atoms with van der Waals surface area (Å²) in [5.74, 6) is 1.06. The molecule has 0 spiro atoms. The maximum absolute atomic E-state index is 13.4. The molecule has 1 rings (SSSR count). The predicted octanol–water partition coefficient (Wildman–Crippen LogP) is 2.96. The molecule has 0 aliphatic carbocycles. The monoisotopic (exact) mass is 403 g/mol. The van der Waals surface area contributed by atoms with Crippen molar-refractivity contribution in [3.8, 4) is 0 Å². The van der Waals surface area contributed by atoms with Gasteiger partial charge in [-0.2, -0.15) is 11.8 Å². The molecule has 0 saturated carbocycles. The van der Waals surface area contributed by atoms with Gasteiger partial charge in [0.25, 0.3) is 0 Å². The van der Waals surface area contributed by atoms with Crippen molar-refractivity contribution in [1.82, 2.24) is 10.6 Å². The van der Waals surface area contributed by atoms with Crippen LogP contribution in [0.25, 0.3) is 0 Å². The molecule has 1 aromatic carbocycles. The SMILES string of the molecule is CCNC(=NCc1ccc(F)cc1CSC)NCCS(=O)(=O)C(C)(C)C. The molecule has 0 radical (unpaired) electrons. The van der Waals surface area contributed by atoms with Crippen LogP contribution in [0.2, 0.25) is 0 Å². The van der Waals surface area contributed by atoms with Crippen LogP contribution in [-0.4, -0.2) is 44.2 Å². The van der Waals surface area contributed by atoms with Gasteiger partial charge in [-0.25, -0.2) is 17.8 Å². The van der Waals surface area contributed by atoms with Gasteiger partial charge in [-0.1, -0.05) is 6.07 Å². The molecular formula is C18H30FN3O2S2. The summed E-state index contributed by atoms with van der Waals surface area (Å²) in [6, 6.07) is 4.72. The zero-order chi connectivity index (χ0) is 19.8. The quantitative estimate of drug-likeness (QED) is 0.516. The van der Waals surface area contributed by atoms with E-state index in [1.807, 2.05) is 13.2 Å². The van der Waals surface area contributed by atoms with E-state index in [4.69, 9.17) is 0 Å². The maximum atomic E-state index is 13.4. The smallest absolute Gasteiger partial charge is 0.191 e. The summed E-state index contributed by atoms with van der Waals surface area (Å²) >= 11 is 1.63. The fourth-order valence-corrected chi connectivity index (χ4v) is 3.72. The summed E-state index contributed by atoms with van der Waals surface area (Å²) < 4.78 is 37.0. The third kappa shape index (κ3) is 7.15. The number of hydrogen-bond acceptors (Lipinski definition) is 4. The third-order valence-corrected chi connectivity index (χ3v) is 7.02. The van der Waals surface area contributed by atoms with E-state index in [0.717, 1.165) is 16.9 Å². The topological polar surface area (TPSA) is 70.6 Å². The largest absolute Gasteiger partial charge is 0.357 e. The fraction of sp³-hybridized carbons (Fsp3) is 0.611. The normalized spacial score (nSPS) is 12.9. The molecule has 0 unspecified atom stereocenters. The zero-order valence-corrected chi connectivity index (χ0v) is 17.9. The number of hydrogen-bond donors (Lipinski definition) is 2. The average molecular weight is 404 g/mol. The first-order valence-electron chi connectivity index (χ1n) is 8.61. The molecule has 0 heterocycles. The van der Waals surface area contributed by atoms with Crippen molar-refractivity contribution < 1.29 is 12.8 Å². The van der Waals surface area contributed by atoms with Crippen molar-refractivity contribution in [1.29, 1.82) is 0 Å². The molecule has 0 bridgehead atoms. The minimum Gasteiger partial charge on any atom is -0.357 e. The van der Waals surface area contributed by atoms with Gasteiger partial charge in [-0.3, -0.25) is 0 Å². The van der Waals surface area contributed by atoms with Gasteiger partial charge < -0.3 is 10.6 Å². The van der Waals surface area contributed by atoms with Crippen LogP contribution in [0.5, 0.6) is 0 Å². The second-order valence-electron chi connectivity index (χ2n) is 6.90. The van der Waals surface area contributed by atoms with E-state index >= 15 is 0 Å². The first-order valence-corrected chi connectivity index (χ1v) is 11.7. The van der Waals surface area contributed by atoms with Crippen LogP contribution < -0.4 is 10.6 Å². The summed E-state index contributed by atoms with van der Waals surface area (Å²) in [6.45, 7) is 8.39. The van der Waals surface area contributed by atoms with Gasteiger partial charge in [-0.05, 0) is 57.2 Å². The molecule has 1 aromatic rings. The van der Waals surface area contributed by atoms with Gasteiger partial charge in [0, 0.05) is 18.8 Å². The molecule has 148 valence electrons. The van der Waals surface area contributed by atoms with Crippen molar-refractivity contribution in [2.24, 2.45) is 4.99 Å². The molecule has 8 heteroatoms. The highest BCUT2D eigenvalue weighted by molar-refractivity contribution is 7.97. The fourth-order valence-electron chi connectivity index (χ4n) is 2.15. The Morgan fingerprint density at radius 2 is 1.92 bits per heavy atom. The highest BCUT2D eigenvalue weighted by Gasteiger charge is 2.28. The van der Waals surface area contributed by atoms with Crippen molar-refractivity contribution in [2.75, 3.05) is 25.1 Å². The Morgan fingerprint density at radius 1 is 1.23 bits per heavy atom. The van der Waals surface area contributed by atoms with Gasteiger partial charge in [0.1, 0.15) is 5.82 Å². The Bertz CT molecular complexity index is 714. The van der Waals surface area contributed by atoms with Crippen molar-refractivity contribution in [3.63, 3.8) is 0 Å². The highest BCUT2D eigenvalue weighted by Crippen LogP contribution is 2.18. The lowest BCUT2D eigenvalue weighted by Crippen LogP contribution is -2.41. The van der Waals surface area contributed by atoms with E-state index in [9.17, 15) is 12.8 Å². The van der Waals surface area contributed by atoms with Gasteiger partial charge >= 0.3 is 0 Å². The Kier molecular flexibility index (Phi) is 8.89. The second kappa shape index (κ2) is 10.2. The predicted molar refractivity (Wildman–Crippen MR) is 110 cm³/mol. The second-order valence-corrected chi connectivity index (χ2v) is 10.6. The van der Waals surface area contributed by atoms with Crippen LogP contribution >= 0.6 is 11.8 Å². The molecule has 0 aliphatic rings. The van der Waals surface area contributed by atoms with Crippen LogP contribution in [-0.2, 0) is 22.1 Å². The lowest BCUT2D eigenvalue weighted by molar-refractivity contribution is 0.559.